The van der Waals surface area contributed by atoms with E-state index in [2.05, 4.69) is 15.5 Å². The van der Waals surface area contributed by atoms with Gasteiger partial charge in [0.15, 0.2) is 11.5 Å². The SMILES string of the molecule is COc1ccc(C(=O)NC2CCc3[nH]ncc3C2)cc1Oc1cc(F)cc(CN)c1.Cl. The molecule has 1 aliphatic rings. The van der Waals surface area contributed by atoms with Crippen molar-refractivity contribution in [2.45, 2.75) is 31.8 Å². The molecule has 0 bridgehead atoms. The van der Waals surface area contributed by atoms with E-state index < -0.39 is 5.82 Å². The standard InChI is InChI=1S/C22H23FN4O3.ClH/c1-29-20-5-2-14(9-21(20)30-18-7-13(11-24)6-16(23)10-18)22(28)26-17-3-4-19-15(8-17)12-25-27-19;/h2,5-7,9-10,12,17H,3-4,8,11,24H2,1H3,(H,25,27)(H,26,28);1H. The molecule has 0 saturated heterocycles. The van der Waals surface area contributed by atoms with Gasteiger partial charge >= 0.3 is 0 Å². The van der Waals surface area contributed by atoms with Gasteiger partial charge in [0.05, 0.1) is 13.3 Å². The van der Waals surface area contributed by atoms with Crippen molar-refractivity contribution in [3.05, 3.63) is 70.8 Å². The molecule has 1 heterocycles. The zero-order valence-electron chi connectivity index (χ0n) is 17.0. The van der Waals surface area contributed by atoms with Crippen LogP contribution in [0.4, 0.5) is 4.39 Å². The monoisotopic (exact) mass is 446 g/mol. The van der Waals surface area contributed by atoms with E-state index in [4.69, 9.17) is 15.2 Å². The first-order valence-corrected chi connectivity index (χ1v) is 9.73. The molecule has 7 nitrogen and oxygen atoms in total. The van der Waals surface area contributed by atoms with Crippen LogP contribution >= 0.6 is 12.4 Å². The second-order valence-electron chi connectivity index (χ2n) is 7.25. The van der Waals surface area contributed by atoms with Gasteiger partial charge in [0.25, 0.3) is 5.91 Å². The Morgan fingerprint density at radius 2 is 2.13 bits per heavy atom. The number of nitrogens with two attached hydrogens (primary N) is 1. The maximum absolute atomic E-state index is 13.8. The van der Waals surface area contributed by atoms with Gasteiger partial charge in [-0.25, -0.2) is 4.39 Å². The zero-order chi connectivity index (χ0) is 21.1. The average Bonchev–Trinajstić information content (AvgIpc) is 3.21. The minimum Gasteiger partial charge on any atom is -0.493 e. The summed E-state index contributed by atoms with van der Waals surface area (Å²) >= 11 is 0. The fraction of sp³-hybridized carbons (Fsp3) is 0.273. The lowest BCUT2D eigenvalue weighted by Gasteiger charge is -2.23. The maximum atomic E-state index is 13.8. The molecule has 3 aromatic rings. The highest BCUT2D eigenvalue weighted by molar-refractivity contribution is 5.95. The van der Waals surface area contributed by atoms with Gasteiger partial charge in [-0.2, -0.15) is 5.10 Å². The number of methoxy groups -OCH3 is 1. The van der Waals surface area contributed by atoms with Gasteiger partial charge in [-0.15, -0.1) is 12.4 Å². The van der Waals surface area contributed by atoms with Gasteiger partial charge in [-0.1, -0.05) is 0 Å². The minimum atomic E-state index is -0.447. The molecule has 2 aromatic carbocycles. The Morgan fingerprint density at radius 3 is 2.90 bits per heavy atom. The van der Waals surface area contributed by atoms with E-state index in [0.29, 0.717) is 22.6 Å². The lowest BCUT2D eigenvalue weighted by molar-refractivity contribution is 0.0933. The molecular formula is C22H24ClFN4O3. The number of halogens is 2. The van der Waals surface area contributed by atoms with Crippen LogP contribution in [0.25, 0.3) is 0 Å². The molecule has 9 heteroatoms. The molecule has 1 aliphatic carbocycles. The Morgan fingerprint density at radius 1 is 1.29 bits per heavy atom. The number of ether oxygens (including phenoxy) is 2. The van der Waals surface area contributed by atoms with Crippen molar-refractivity contribution in [3.8, 4) is 17.2 Å². The van der Waals surface area contributed by atoms with Crippen LogP contribution in [-0.2, 0) is 19.4 Å². The third-order valence-corrected chi connectivity index (χ3v) is 5.17. The molecule has 31 heavy (non-hydrogen) atoms. The van der Waals surface area contributed by atoms with Gasteiger partial charge in [-0.3, -0.25) is 9.89 Å². The lowest BCUT2D eigenvalue weighted by atomic mass is 9.93. The first-order chi connectivity index (χ1) is 14.6. The summed E-state index contributed by atoms with van der Waals surface area (Å²) in [5.74, 6) is 0.384. The first kappa shape index (κ1) is 22.6. The summed E-state index contributed by atoms with van der Waals surface area (Å²) < 4.78 is 25.0. The summed E-state index contributed by atoms with van der Waals surface area (Å²) in [4.78, 5) is 12.8. The summed E-state index contributed by atoms with van der Waals surface area (Å²) in [6.07, 6.45) is 4.23. The predicted molar refractivity (Wildman–Crippen MR) is 116 cm³/mol. The molecule has 1 unspecified atom stereocenters. The van der Waals surface area contributed by atoms with Crippen LogP contribution in [0, 0.1) is 5.82 Å². The Labute approximate surface area is 185 Å². The largest absolute Gasteiger partial charge is 0.493 e. The van der Waals surface area contributed by atoms with Crippen molar-refractivity contribution in [1.29, 1.82) is 0 Å². The fourth-order valence-electron chi connectivity index (χ4n) is 3.63. The van der Waals surface area contributed by atoms with Crippen LogP contribution in [0.2, 0.25) is 0 Å². The second-order valence-corrected chi connectivity index (χ2v) is 7.25. The average molecular weight is 447 g/mol. The van der Waals surface area contributed by atoms with E-state index in [0.717, 1.165) is 30.5 Å². The number of hydrogen-bond acceptors (Lipinski definition) is 5. The number of carbonyl (C=O) groups excluding carboxylic acids is 1. The van der Waals surface area contributed by atoms with Crippen molar-refractivity contribution in [1.82, 2.24) is 15.5 Å². The third kappa shape index (κ3) is 5.15. The molecule has 0 radical (unpaired) electrons. The summed E-state index contributed by atoms with van der Waals surface area (Å²) in [6, 6.07) is 9.21. The van der Waals surface area contributed by atoms with Crippen LogP contribution in [-0.4, -0.2) is 29.3 Å². The topological polar surface area (TPSA) is 102 Å². The third-order valence-electron chi connectivity index (χ3n) is 5.17. The first-order valence-electron chi connectivity index (χ1n) is 9.73. The number of nitrogens with one attached hydrogen (secondary N) is 2. The van der Waals surface area contributed by atoms with Crippen molar-refractivity contribution in [3.63, 3.8) is 0 Å². The van der Waals surface area contributed by atoms with Crippen molar-refractivity contribution < 1.29 is 18.7 Å². The molecule has 0 fully saturated rings. The highest BCUT2D eigenvalue weighted by atomic mass is 35.5. The molecule has 4 rings (SSSR count). The summed E-state index contributed by atoms with van der Waals surface area (Å²) in [5.41, 5.74) is 8.91. The van der Waals surface area contributed by atoms with E-state index in [-0.39, 0.29) is 36.7 Å². The molecule has 1 atom stereocenters. The van der Waals surface area contributed by atoms with Gasteiger partial charge in [0.2, 0.25) is 0 Å². The van der Waals surface area contributed by atoms with E-state index in [1.165, 1.54) is 19.2 Å². The van der Waals surface area contributed by atoms with E-state index in [9.17, 15) is 9.18 Å². The molecule has 4 N–H and O–H groups in total. The number of amides is 1. The predicted octanol–water partition coefficient (Wildman–Crippen LogP) is 3.52. The number of hydrogen-bond donors (Lipinski definition) is 3. The molecule has 0 aliphatic heterocycles. The van der Waals surface area contributed by atoms with Gasteiger partial charge in [0, 0.05) is 29.9 Å². The summed E-state index contributed by atoms with van der Waals surface area (Å²) in [7, 11) is 1.50. The number of benzene rings is 2. The van der Waals surface area contributed by atoms with E-state index in [1.54, 1.807) is 24.3 Å². The van der Waals surface area contributed by atoms with Crippen LogP contribution in [0.5, 0.6) is 17.2 Å². The highest BCUT2D eigenvalue weighted by Gasteiger charge is 2.22. The number of nitrogens with zero attached hydrogens (tertiary/aromatic N) is 1. The number of carbonyl (C=O) groups is 1. The van der Waals surface area contributed by atoms with Crippen molar-refractivity contribution >= 4 is 18.3 Å². The number of aryl methyl sites for hydroxylation is 1. The van der Waals surface area contributed by atoms with Crippen LogP contribution in [0.15, 0.2) is 42.6 Å². The van der Waals surface area contributed by atoms with E-state index in [1.807, 2.05) is 6.20 Å². The van der Waals surface area contributed by atoms with Crippen molar-refractivity contribution in [2.24, 2.45) is 5.73 Å². The summed E-state index contributed by atoms with van der Waals surface area (Å²) in [5, 5.41) is 10.1. The van der Waals surface area contributed by atoms with Crippen LogP contribution < -0.4 is 20.5 Å². The smallest absolute Gasteiger partial charge is 0.251 e. The van der Waals surface area contributed by atoms with E-state index >= 15 is 0 Å². The van der Waals surface area contributed by atoms with Gasteiger partial charge in [0.1, 0.15) is 11.6 Å². The number of aromatic nitrogens is 2. The zero-order valence-corrected chi connectivity index (χ0v) is 17.8. The van der Waals surface area contributed by atoms with Crippen LogP contribution in [0.1, 0.15) is 33.6 Å². The van der Waals surface area contributed by atoms with Gasteiger partial charge in [-0.05, 0) is 60.7 Å². The van der Waals surface area contributed by atoms with Crippen LogP contribution in [0.3, 0.4) is 0 Å². The Hall–Kier alpha value is -3.10. The van der Waals surface area contributed by atoms with Crippen molar-refractivity contribution in [2.75, 3.05) is 7.11 Å². The quantitative estimate of drug-likeness (QED) is 0.537. The number of aromatic amines is 1. The maximum Gasteiger partial charge on any atom is 0.251 e. The minimum absolute atomic E-state index is 0. The second kappa shape index (κ2) is 9.80. The number of fused-ring (bicyclic) bond motifs is 1. The number of H-pyrrole nitrogens is 1. The summed E-state index contributed by atoms with van der Waals surface area (Å²) in [6.45, 7) is 0.188. The Balaban J connectivity index is 0.00000272. The number of rotatable bonds is 6. The van der Waals surface area contributed by atoms with Gasteiger partial charge < -0.3 is 20.5 Å². The molecule has 0 spiro atoms. The Bertz CT molecular complexity index is 1070. The normalized spacial score (nSPS) is 14.9. The fourth-order valence-corrected chi connectivity index (χ4v) is 3.63. The Kier molecular flexibility index (Phi) is 7.14. The highest BCUT2D eigenvalue weighted by Crippen LogP contribution is 2.33. The molecular weight excluding hydrogens is 423 g/mol. The molecule has 1 aromatic heterocycles. The lowest BCUT2D eigenvalue weighted by Crippen LogP contribution is -2.38. The molecule has 1 amide bonds. The molecule has 164 valence electrons. The molecule has 0 saturated carbocycles.